The Morgan fingerprint density at radius 3 is 0.957 bits per heavy atom. The molecule has 1 aliphatic heterocycles. The molecule has 0 saturated carbocycles. The lowest BCUT2D eigenvalue weighted by Crippen LogP contribution is -2.33. The summed E-state index contributed by atoms with van der Waals surface area (Å²) >= 11 is 0. The van der Waals surface area contributed by atoms with Crippen molar-refractivity contribution in [2.45, 2.75) is 77.2 Å². The molecule has 47 heavy (non-hydrogen) atoms. The van der Waals surface area contributed by atoms with E-state index in [9.17, 15) is 0 Å². The molecule has 0 aromatic rings. The standard InChI is InChI=1S/C35H71NO11/c1-2-3-4-5-6-7-8-9-14-37-15-16-38-17-18-39-19-20-40-21-22-41-23-24-42-25-26-43-27-28-44-29-30-45-31-32-46-33-34-47-35-10-12-36-13-11-35/h35-36H,2-34H2,1H3. The summed E-state index contributed by atoms with van der Waals surface area (Å²) in [5.74, 6) is 0. The van der Waals surface area contributed by atoms with E-state index in [-0.39, 0.29) is 0 Å². The third-order valence-electron chi connectivity index (χ3n) is 7.36. The second-order valence-corrected chi connectivity index (χ2v) is 11.4. The van der Waals surface area contributed by atoms with Crippen LogP contribution in [0.3, 0.4) is 0 Å². The normalized spacial score (nSPS) is 14.0. The average Bonchev–Trinajstić information content (AvgIpc) is 3.09. The van der Waals surface area contributed by atoms with E-state index in [0.29, 0.717) is 138 Å². The van der Waals surface area contributed by atoms with Gasteiger partial charge in [-0.3, -0.25) is 0 Å². The minimum Gasteiger partial charge on any atom is -0.379 e. The van der Waals surface area contributed by atoms with Gasteiger partial charge in [0.1, 0.15) is 0 Å². The predicted octanol–water partition coefficient (Wildman–Crippen LogP) is 4.06. The van der Waals surface area contributed by atoms with E-state index in [4.69, 9.17) is 52.1 Å². The van der Waals surface area contributed by atoms with Gasteiger partial charge in [-0.15, -0.1) is 0 Å². The smallest absolute Gasteiger partial charge is 0.0704 e. The van der Waals surface area contributed by atoms with Crippen LogP contribution in [-0.4, -0.2) is 158 Å². The Bertz CT molecular complexity index is 574. The molecule has 1 rings (SSSR count). The van der Waals surface area contributed by atoms with E-state index < -0.39 is 0 Å². The number of nitrogens with one attached hydrogen (secondary N) is 1. The molecule has 1 fully saturated rings. The quantitative estimate of drug-likeness (QED) is 0.0942. The van der Waals surface area contributed by atoms with Crippen molar-refractivity contribution in [3.8, 4) is 0 Å². The van der Waals surface area contributed by atoms with Crippen molar-refractivity contribution in [1.29, 1.82) is 0 Å². The van der Waals surface area contributed by atoms with Gasteiger partial charge in [0.25, 0.3) is 0 Å². The van der Waals surface area contributed by atoms with E-state index in [2.05, 4.69) is 12.2 Å². The zero-order chi connectivity index (χ0) is 33.4. The molecule has 1 aliphatic rings. The second kappa shape index (κ2) is 40.0. The van der Waals surface area contributed by atoms with Gasteiger partial charge in [-0.2, -0.15) is 0 Å². The summed E-state index contributed by atoms with van der Waals surface area (Å²) in [5.41, 5.74) is 0. The van der Waals surface area contributed by atoms with Gasteiger partial charge in [-0.25, -0.2) is 0 Å². The third-order valence-corrected chi connectivity index (χ3v) is 7.36. The predicted molar refractivity (Wildman–Crippen MR) is 183 cm³/mol. The summed E-state index contributed by atoms with van der Waals surface area (Å²) in [7, 11) is 0. The molecule has 1 heterocycles. The first-order valence-corrected chi connectivity index (χ1v) is 18.5. The fourth-order valence-electron chi connectivity index (χ4n) is 4.66. The van der Waals surface area contributed by atoms with Crippen LogP contribution in [0.25, 0.3) is 0 Å². The van der Waals surface area contributed by atoms with Gasteiger partial charge in [0.05, 0.1) is 138 Å². The van der Waals surface area contributed by atoms with Crippen molar-refractivity contribution in [2.24, 2.45) is 0 Å². The van der Waals surface area contributed by atoms with Crippen LogP contribution in [0.2, 0.25) is 0 Å². The van der Waals surface area contributed by atoms with Crippen LogP contribution in [0, 0.1) is 0 Å². The summed E-state index contributed by atoms with van der Waals surface area (Å²) < 4.78 is 61.0. The fourth-order valence-corrected chi connectivity index (χ4v) is 4.66. The SMILES string of the molecule is CCCCCCCCCCOCCOCCOCCOCCOCCOCCOCCOCCOCCOCCOC1CCNCC1. The highest BCUT2D eigenvalue weighted by molar-refractivity contribution is 4.67. The van der Waals surface area contributed by atoms with Crippen molar-refractivity contribution in [1.82, 2.24) is 5.32 Å². The van der Waals surface area contributed by atoms with Gasteiger partial charge in [0.2, 0.25) is 0 Å². The Kier molecular flexibility index (Phi) is 37.9. The Balaban J connectivity index is 1.59. The lowest BCUT2D eigenvalue weighted by molar-refractivity contribution is -0.0324. The Labute approximate surface area is 286 Å². The van der Waals surface area contributed by atoms with E-state index in [0.717, 1.165) is 39.0 Å². The average molecular weight is 682 g/mol. The third kappa shape index (κ3) is 36.6. The highest BCUT2D eigenvalue weighted by atomic mass is 16.6. The first-order valence-electron chi connectivity index (χ1n) is 18.5. The molecular weight excluding hydrogens is 610 g/mol. The lowest BCUT2D eigenvalue weighted by Gasteiger charge is -2.22. The molecule has 12 heteroatoms. The number of ether oxygens (including phenoxy) is 11. The van der Waals surface area contributed by atoms with E-state index in [1.165, 1.54) is 44.9 Å². The number of rotatable bonds is 40. The Morgan fingerprint density at radius 2 is 0.617 bits per heavy atom. The molecule has 0 aromatic heterocycles. The van der Waals surface area contributed by atoms with Crippen LogP contribution >= 0.6 is 0 Å². The van der Waals surface area contributed by atoms with Crippen LogP contribution in [0.1, 0.15) is 71.1 Å². The van der Waals surface area contributed by atoms with Gasteiger partial charge in [-0.1, -0.05) is 51.9 Å². The lowest BCUT2D eigenvalue weighted by atomic mass is 10.1. The van der Waals surface area contributed by atoms with Crippen molar-refractivity contribution >= 4 is 0 Å². The molecule has 0 atom stereocenters. The largest absolute Gasteiger partial charge is 0.379 e. The highest BCUT2D eigenvalue weighted by Gasteiger charge is 2.12. The summed E-state index contributed by atoms with van der Waals surface area (Å²) in [5, 5.41) is 3.33. The highest BCUT2D eigenvalue weighted by Crippen LogP contribution is 2.08. The molecule has 282 valence electrons. The summed E-state index contributed by atoms with van der Waals surface area (Å²) in [6.07, 6.45) is 13.1. The van der Waals surface area contributed by atoms with Crippen molar-refractivity contribution in [3.63, 3.8) is 0 Å². The van der Waals surface area contributed by atoms with Gasteiger partial charge >= 0.3 is 0 Å². The molecule has 0 radical (unpaired) electrons. The molecule has 0 aromatic carbocycles. The van der Waals surface area contributed by atoms with E-state index in [1.54, 1.807) is 0 Å². The van der Waals surface area contributed by atoms with Crippen LogP contribution in [0.4, 0.5) is 0 Å². The molecule has 0 bridgehead atoms. The fraction of sp³-hybridized carbons (Fsp3) is 1.00. The maximum Gasteiger partial charge on any atom is 0.0704 e. The maximum atomic E-state index is 5.79. The van der Waals surface area contributed by atoms with Gasteiger partial charge in [0.15, 0.2) is 0 Å². The molecule has 0 spiro atoms. The molecular formula is C35H71NO11. The maximum absolute atomic E-state index is 5.79. The zero-order valence-corrected chi connectivity index (χ0v) is 29.9. The van der Waals surface area contributed by atoms with Crippen LogP contribution in [-0.2, 0) is 52.1 Å². The molecule has 1 N–H and O–H groups in total. The second-order valence-electron chi connectivity index (χ2n) is 11.4. The molecule has 0 amide bonds. The minimum absolute atomic E-state index is 0.375. The molecule has 1 saturated heterocycles. The summed E-state index contributed by atoms with van der Waals surface area (Å²) in [6.45, 7) is 16.4. The van der Waals surface area contributed by atoms with Crippen LogP contribution < -0.4 is 5.32 Å². The van der Waals surface area contributed by atoms with Crippen molar-refractivity contribution < 1.29 is 52.1 Å². The van der Waals surface area contributed by atoms with E-state index in [1.807, 2.05) is 0 Å². The van der Waals surface area contributed by atoms with Crippen LogP contribution in [0.5, 0.6) is 0 Å². The minimum atomic E-state index is 0.375. The molecule has 0 aliphatic carbocycles. The topological polar surface area (TPSA) is 114 Å². The first-order chi connectivity index (χ1) is 23.4. The summed E-state index contributed by atoms with van der Waals surface area (Å²) in [6, 6.07) is 0. The van der Waals surface area contributed by atoms with Gasteiger partial charge < -0.3 is 57.4 Å². The van der Waals surface area contributed by atoms with Gasteiger partial charge in [0, 0.05) is 6.61 Å². The van der Waals surface area contributed by atoms with Gasteiger partial charge in [-0.05, 0) is 32.4 Å². The molecule has 12 nitrogen and oxygen atoms in total. The number of unbranched alkanes of at least 4 members (excludes halogenated alkanes) is 7. The molecule has 0 unspecified atom stereocenters. The summed E-state index contributed by atoms with van der Waals surface area (Å²) in [4.78, 5) is 0. The first kappa shape index (κ1) is 44.5. The monoisotopic (exact) mass is 682 g/mol. The van der Waals surface area contributed by atoms with Crippen molar-refractivity contribution in [3.05, 3.63) is 0 Å². The Morgan fingerprint density at radius 1 is 0.340 bits per heavy atom. The van der Waals surface area contributed by atoms with Crippen LogP contribution in [0.15, 0.2) is 0 Å². The zero-order valence-electron chi connectivity index (χ0n) is 29.9. The van der Waals surface area contributed by atoms with Crippen molar-refractivity contribution in [2.75, 3.05) is 152 Å². The Hall–Kier alpha value is -0.480. The van der Waals surface area contributed by atoms with E-state index >= 15 is 0 Å². The number of hydrogen-bond donors (Lipinski definition) is 1. The number of piperidine rings is 1. The number of hydrogen-bond acceptors (Lipinski definition) is 12.